The van der Waals surface area contributed by atoms with Gasteiger partial charge in [-0.05, 0) is 43.5 Å². The van der Waals surface area contributed by atoms with E-state index in [1.54, 1.807) is 0 Å². The first kappa shape index (κ1) is 16.5. The van der Waals surface area contributed by atoms with Crippen LogP contribution in [0.1, 0.15) is 36.0 Å². The molecule has 1 aromatic rings. The highest BCUT2D eigenvalue weighted by molar-refractivity contribution is 5.96. The number of carbonyl (C=O) groups excluding carboxylic acids is 2. The van der Waals surface area contributed by atoms with Crippen molar-refractivity contribution in [3.05, 3.63) is 29.8 Å². The maximum Gasteiger partial charge on any atom is 0.328 e. The van der Waals surface area contributed by atoms with Gasteiger partial charge < -0.3 is 15.2 Å². The molecule has 0 spiro atoms. The summed E-state index contributed by atoms with van der Waals surface area (Å²) in [5.41, 5.74) is 0.346. The van der Waals surface area contributed by atoms with Gasteiger partial charge in [-0.25, -0.2) is 4.79 Å². The first-order valence-electron chi connectivity index (χ1n) is 6.63. The van der Waals surface area contributed by atoms with E-state index in [4.69, 9.17) is 5.26 Å². The SMILES string of the molecule is COC(=O)[C@H](CCCCC#N)NC(=O)c1ccc(O)cc1. The molecule has 0 bridgehead atoms. The van der Waals surface area contributed by atoms with Crippen LogP contribution in [0.4, 0.5) is 0 Å². The number of benzene rings is 1. The summed E-state index contributed by atoms with van der Waals surface area (Å²) in [5, 5.41) is 20.3. The van der Waals surface area contributed by atoms with E-state index in [1.165, 1.54) is 31.4 Å². The van der Waals surface area contributed by atoms with Crippen molar-refractivity contribution in [3.8, 4) is 11.8 Å². The van der Waals surface area contributed by atoms with Crippen LogP contribution in [0.15, 0.2) is 24.3 Å². The molecule has 0 aromatic heterocycles. The van der Waals surface area contributed by atoms with Gasteiger partial charge in [-0.15, -0.1) is 0 Å². The monoisotopic (exact) mass is 290 g/mol. The molecule has 21 heavy (non-hydrogen) atoms. The molecule has 6 heteroatoms. The summed E-state index contributed by atoms with van der Waals surface area (Å²) in [6.07, 6.45) is 2.14. The van der Waals surface area contributed by atoms with Crippen molar-refractivity contribution in [2.75, 3.05) is 7.11 Å². The third-order valence-corrected chi connectivity index (χ3v) is 2.95. The zero-order valence-electron chi connectivity index (χ0n) is 11.8. The second-order valence-electron chi connectivity index (χ2n) is 4.50. The highest BCUT2D eigenvalue weighted by Crippen LogP contribution is 2.11. The van der Waals surface area contributed by atoms with Crippen molar-refractivity contribution >= 4 is 11.9 Å². The zero-order chi connectivity index (χ0) is 15.7. The number of carbonyl (C=O) groups is 2. The number of phenolic OH excluding ortho intramolecular Hbond substituents is 1. The number of esters is 1. The molecule has 2 N–H and O–H groups in total. The molecule has 0 radical (unpaired) electrons. The summed E-state index contributed by atoms with van der Waals surface area (Å²) in [7, 11) is 1.26. The maximum atomic E-state index is 12.0. The number of ether oxygens (including phenoxy) is 1. The molecule has 112 valence electrons. The lowest BCUT2D eigenvalue weighted by atomic mass is 10.1. The number of aromatic hydroxyl groups is 1. The molecule has 0 fully saturated rings. The summed E-state index contributed by atoms with van der Waals surface area (Å²) >= 11 is 0. The highest BCUT2D eigenvalue weighted by atomic mass is 16.5. The smallest absolute Gasteiger partial charge is 0.328 e. The number of hydrogen-bond acceptors (Lipinski definition) is 5. The van der Waals surface area contributed by atoms with E-state index in [0.29, 0.717) is 31.2 Å². The second-order valence-corrected chi connectivity index (χ2v) is 4.50. The second kappa shape index (κ2) is 8.59. The van der Waals surface area contributed by atoms with E-state index in [9.17, 15) is 14.7 Å². The molecular weight excluding hydrogens is 272 g/mol. The number of rotatable bonds is 7. The predicted molar refractivity (Wildman–Crippen MR) is 75.5 cm³/mol. The lowest BCUT2D eigenvalue weighted by Crippen LogP contribution is -2.41. The summed E-state index contributed by atoms with van der Waals surface area (Å²) in [6, 6.07) is 7.02. The molecule has 1 aromatic carbocycles. The van der Waals surface area contributed by atoms with Gasteiger partial charge in [-0.1, -0.05) is 0 Å². The minimum atomic E-state index is -0.741. The molecule has 1 amide bonds. The summed E-state index contributed by atoms with van der Waals surface area (Å²) < 4.78 is 4.67. The van der Waals surface area contributed by atoms with Crippen LogP contribution in [0.25, 0.3) is 0 Å². The Morgan fingerprint density at radius 3 is 2.57 bits per heavy atom. The number of phenols is 1. The standard InChI is InChI=1S/C15H18N2O4/c1-21-15(20)13(5-3-2-4-10-16)17-14(19)11-6-8-12(18)9-7-11/h6-9,13,18H,2-5H2,1H3,(H,17,19)/t13-/m0/s1. The zero-order valence-corrected chi connectivity index (χ0v) is 11.8. The van der Waals surface area contributed by atoms with Crippen LogP contribution in [0.3, 0.4) is 0 Å². The van der Waals surface area contributed by atoms with E-state index in [0.717, 1.165) is 0 Å². The Hall–Kier alpha value is -2.55. The van der Waals surface area contributed by atoms with Gasteiger partial charge in [0.1, 0.15) is 11.8 Å². The molecule has 0 unspecified atom stereocenters. The van der Waals surface area contributed by atoms with Crippen LogP contribution < -0.4 is 5.32 Å². The van der Waals surface area contributed by atoms with Crippen LogP contribution in [0, 0.1) is 11.3 Å². The largest absolute Gasteiger partial charge is 0.508 e. The molecule has 1 atom stereocenters. The Morgan fingerprint density at radius 2 is 2.00 bits per heavy atom. The van der Waals surface area contributed by atoms with Crippen molar-refractivity contribution in [2.45, 2.75) is 31.7 Å². The summed E-state index contributed by atoms with van der Waals surface area (Å²) in [5.74, 6) is -0.864. The summed E-state index contributed by atoms with van der Waals surface area (Å²) in [6.45, 7) is 0. The molecule has 0 heterocycles. The molecule has 0 aliphatic carbocycles. The van der Waals surface area contributed by atoms with Crippen molar-refractivity contribution < 1.29 is 19.4 Å². The Labute approximate surface area is 123 Å². The normalized spacial score (nSPS) is 11.2. The van der Waals surface area contributed by atoms with Gasteiger partial charge in [0, 0.05) is 12.0 Å². The van der Waals surface area contributed by atoms with Crippen LogP contribution in [0.2, 0.25) is 0 Å². The minimum Gasteiger partial charge on any atom is -0.508 e. The van der Waals surface area contributed by atoms with Gasteiger partial charge in [0.25, 0.3) is 5.91 Å². The van der Waals surface area contributed by atoms with Gasteiger partial charge in [0.15, 0.2) is 0 Å². The van der Waals surface area contributed by atoms with Crippen molar-refractivity contribution in [1.29, 1.82) is 5.26 Å². The predicted octanol–water partition coefficient (Wildman–Crippen LogP) is 1.75. The lowest BCUT2D eigenvalue weighted by Gasteiger charge is -2.16. The van der Waals surface area contributed by atoms with Crippen LogP contribution in [-0.2, 0) is 9.53 Å². The average molecular weight is 290 g/mol. The number of methoxy groups -OCH3 is 1. The van der Waals surface area contributed by atoms with Gasteiger partial charge in [0.2, 0.25) is 0 Å². The first-order valence-corrected chi connectivity index (χ1v) is 6.63. The minimum absolute atomic E-state index is 0.0626. The van der Waals surface area contributed by atoms with Crippen molar-refractivity contribution in [1.82, 2.24) is 5.32 Å². The molecule has 1 rings (SSSR count). The molecule has 6 nitrogen and oxygen atoms in total. The van der Waals surface area contributed by atoms with Crippen molar-refractivity contribution in [3.63, 3.8) is 0 Å². The number of unbranched alkanes of at least 4 members (excludes halogenated alkanes) is 2. The van der Waals surface area contributed by atoms with E-state index >= 15 is 0 Å². The average Bonchev–Trinajstić information content (AvgIpc) is 2.50. The van der Waals surface area contributed by atoms with Gasteiger partial charge in [0.05, 0.1) is 13.2 Å². The highest BCUT2D eigenvalue weighted by Gasteiger charge is 2.21. The Morgan fingerprint density at radius 1 is 1.33 bits per heavy atom. The fourth-order valence-electron chi connectivity index (χ4n) is 1.80. The number of nitriles is 1. The van der Waals surface area contributed by atoms with Crippen molar-refractivity contribution in [2.24, 2.45) is 0 Å². The Kier molecular flexibility index (Phi) is 6.75. The molecular formula is C15H18N2O4. The Balaban J connectivity index is 2.63. The molecule has 0 aliphatic heterocycles. The van der Waals surface area contributed by atoms with Gasteiger partial charge >= 0.3 is 5.97 Å². The Bertz CT molecular complexity index is 519. The quantitative estimate of drug-likeness (QED) is 0.588. The lowest BCUT2D eigenvalue weighted by molar-refractivity contribution is -0.143. The van der Waals surface area contributed by atoms with Gasteiger partial charge in [-0.2, -0.15) is 5.26 Å². The van der Waals surface area contributed by atoms with E-state index in [1.807, 2.05) is 6.07 Å². The van der Waals surface area contributed by atoms with Crippen LogP contribution in [-0.4, -0.2) is 30.1 Å². The number of nitrogens with one attached hydrogen (secondary N) is 1. The number of amides is 1. The van der Waals surface area contributed by atoms with Crippen LogP contribution in [0.5, 0.6) is 5.75 Å². The fraction of sp³-hybridized carbons (Fsp3) is 0.400. The summed E-state index contributed by atoms with van der Waals surface area (Å²) in [4.78, 5) is 23.7. The molecule has 0 saturated carbocycles. The maximum absolute atomic E-state index is 12.0. The third-order valence-electron chi connectivity index (χ3n) is 2.95. The molecule has 0 aliphatic rings. The topological polar surface area (TPSA) is 99.4 Å². The molecule has 0 saturated heterocycles. The van der Waals surface area contributed by atoms with E-state index < -0.39 is 17.9 Å². The number of hydrogen-bond donors (Lipinski definition) is 2. The fourth-order valence-corrected chi connectivity index (χ4v) is 1.80. The third kappa shape index (κ3) is 5.53. The van der Waals surface area contributed by atoms with Crippen LogP contribution >= 0.6 is 0 Å². The van der Waals surface area contributed by atoms with Gasteiger partial charge in [-0.3, -0.25) is 4.79 Å². The van der Waals surface area contributed by atoms with E-state index in [-0.39, 0.29) is 5.75 Å². The number of nitrogens with zero attached hydrogens (tertiary/aromatic N) is 1. The van der Waals surface area contributed by atoms with E-state index in [2.05, 4.69) is 10.1 Å². The first-order chi connectivity index (χ1) is 10.1.